The van der Waals surface area contributed by atoms with Crippen LogP contribution in [0, 0.1) is 6.92 Å². The summed E-state index contributed by atoms with van der Waals surface area (Å²) in [5.41, 5.74) is 6.84. The van der Waals surface area contributed by atoms with Crippen LogP contribution in [0.2, 0.25) is 0 Å². The first-order chi connectivity index (χ1) is 17.9. The minimum atomic E-state index is -0.178. The average molecular weight is 509 g/mol. The molecule has 3 aromatic carbocycles. The summed E-state index contributed by atoms with van der Waals surface area (Å²) in [5, 5.41) is 7.15. The van der Waals surface area contributed by atoms with Crippen LogP contribution < -0.4 is 4.90 Å². The Morgan fingerprint density at radius 3 is 2.49 bits per heavy atom. The molecule has 1 saturated heterocycles. The smallest absolute Gasteiger partial charge is 0.241 e. The fourth-order valence-electron chi connectivity index (χ4n) is 5.51. The zero-order chi connectivity index (χ0) is 25.7. The maximum Gasteiger partial charge on any atom is 0.241 e. The largest absolute Gasteiger partial charge is 0.358 e. The van der Waals surface area contributed by atoms with Gasteiger partial charge in [-0.3, -0.25) is 14.5 Å². The number of aromatic nitrogens is 1. The summed E-state index contributed by atoms with van der Waals surface area (Å²) in [6.07, 6.45) is 0.585. The fourth-order valence-corrected chi connectivity index (χ4v) is 6.90. The first-order valence-electron chi connectivity index (χ1n) is 12.5. The van der Waals surface area contributed by atoms with Gasteiger partial charge in [0.25, 0.3) is 0 Å². The Balaban J connectivity index is 1.45. The molecular weight excluding hydrogens is 480 g/mol. The maximum absolute atomic E-state index is 13.7. The van der Waals surface area contributed by atoms with E-state index in [-0.39, 0.29) is 28.5 Å². The van der Waals surface area contributed by atoms with Crippen molar-refractivity contribution in [2.75, 3.05) is 4.90 Å². The average Bonchev–Trinajstić information content (AvgIpc) is 3.58. The van der Waals surface area contributed by atoms with Gasteiger partial charge in [0.05, 0.1) is 22.7 Å². The molecule has 7 heteroatoms. The Hall–Kier alpha value is -3.84. The first kappa shape index (κ1) is 23.6. The molecule has 0 aliphatic carbocycles. The molecule has 1 fully saturated rings. The molecule has 6 rings (SSSR count). The number of carbonyl (C=O) groups is 2. The molecule has 4 aromatic rings. The molecule has 0 radical (unpaired) electrons. The van der Waals surface area contributed by atoms with Crippen LogP contribution >= 0.6 is 11.8 Å². The van der Waals surface area contributed by atoms with Gasteiger partial charge in [0.15, 0.2) is 0 Å². The van der Waals surface area contributed by atoms with Crippen LogP contribution in [0.1, 0.15) is 54.1 Å². The number of para-hydroxylation sites is 2. The van der Waals surface area contributed by atoms with Crippen LogP contribution in [-0.4, -0.2) is 32.8 Å². The summed E-state index contributed by atoms with van der Waals surface area (Å²) in [5.74, 6) is -0.0242. The second kappa shape index (κ2) is 9.23. The van der Waals surface area contributed by atoms with E-state index >= 15 is 0 Å². The number of carbonyl (C=O) groups excluding carboxylic acids is 2. The number of hydrogen-bond acceptors (Lipinski definition) is 4. The van der Waals surface area contributed by atoms with Gasteiger partial charge in [0.2, 0.25) is 11.8 Å². The Kier molecular flexibility index (Phi) is 5.88. The number of benzene rings is 3. The van der Waals surface area contributed by atoms with Gasteiger partial charge in [-0.05, 0) is 31.5 Å². The molecule has 6 nitrogen and oxygen atoms in total. The van der Waals surface area contributed by atoms with E-state index in [4.69, 9.17) is 5.10 Å². The number of thioether (sulfide) groups is 1. The van der Waals surface area contributed by atoms with Crippen LogP contribution in [0.4, 0.5) is 5.69 Å². The van der Waals surface area contributed by atoms with Crippen molar-refractivity contribution in [3.63, 3.8) is 0 Å². The van der Waals surface area contributed by atoms with Gasteiger partial charge in [0.1, 0.15) is 5.37 Å². The van der Waals surface area contributed by atoms with E-state index < -0.39 is 0 Å². The zero-order valence-electron chi connectivity index (χ0n) is 21.0. The molecule has 2 aliphatic heterocycles. The van der Waals surface area contributed by atoms with Crippen LogP contribution in [0.25, 0.3) is 10.9 Å². The van der Waals surface area contributed by atoms with Gasteiger partial charge < -0.3 is 4.98 Å². The normalized spacial score (nSPS) is 21.6. The van der Waals surface area contributed by atoms with Crippen molar-refractivity contribution in [3.05, 3.63) is 101 Å². The van der Waals surface area contributed by atoms with Crippen molar-refractivity contribution < 1.29 is 9.59 Å². The van der Waals surface area contributed by atoms with E-state index in [1.165, 1.54) is 0 Å². The van der Waals surface area contributed by atoms with Crippen LogP contribution in [0.3, 0.4) is 0 Å². The van der Waals surface area contributed by atoms with E-state index in [2.05, 4.69) is 24.0 Å². The van der Waals surface area contributed by atoms with Crippen molar-refractivity contribution in [3.8, 4) is 0 Å². The highest BCUT2D eigenvalue weighted by Crippen LogP contribution is 2.49. The van der Waals surface area contributed by atoms with E-state index in [1.807, 2.05) is 78.6 Å². The predicted molar refractivity (Wildman–Crippen MR) is 150 cm³/mol. The Morgan fingerprint density at radius 2 is 1.70 bits per heavy atom. The number of fused-ring (bicyclic) bond motifs is 1. The lowest BCUT2D eigenvalue weighted by molar-refractivity contribution is -0.130. The van der Waals surface area contributed by atoms with Crippen LogP contribution in [-0.2, 0) is 9.59 Å². The molecule has 2 amide bonds. The number of anilines is 1. The molecule has 186 valence electrons. The number of hydrogen-bond donors (Lipinski definition) is 1. The highest BCUT2D eigenvalue weighted by atomic mass is 32.2. The van der Waals surface area contributed by atoms with E-state index in [9.17, 15) is 9.59 Å². The number of amides is 2. The lowest BCUT2D eigenvalue weighted by atomic mass is 9.97. The van der Waals surface area contributed by atoms with Crippen LogP contribution in [0.15, 0.2) is 84.0 Å². The van der Waals surface area contributed by atoms with E-state index in [1.54, 1.807) is 23.7 Å². The summed E-state index contributed by atoms with van der Waals surface area (Å²) in [7, 11) is 0. The predicted octanol–water partition coefficient (Wildman–Crippen LogP) is 6.34. The number of aryl methyl sites for hydroxylation is 1. The quantitative estimate of drug-likeness (QED) is 0.350. The summed E-state index contributed by atoms with van der Waals surface area (Å²) in [6, 6.07) is 26.0. The highest BCUT2D eigenvalue weighted by Gasteiger charge is 2.43. The second-order valence-corrected chi connectivity index (χ2v) is 11.0. The lowest BCUT2D eigenvalue weighted by Gasteiger charge is -2.27. The van der Waals surface area contributed by atoms with Crippen LogP contribution in [0.5, 0.6) is 0 Å². The summed E-state index contributed by atoms with van der Waals surface area (Å²) in [4.78, 5) is 31.7. The topological polar surface area (TPSA) is 68.8 Å². The lowest BCUT2D eigenvalue weighted by Crippen LogP contribution is -2.31. The van der Waals surface area contributed by atoms with E-state index in [0.717, 1.165) is 44.7 Å². The number of nitrogens with zero attached hydrogens (tertiary/aromatic N) is 3. The van der Waals surface area contributed by atoms with Crippen molar-refractivity contribution in [1.29, 1.82) is 0 Å². The number of rotatable bonds is 4. The fraction of sp³-hybridized carbons (Fsp3) is 0.233. The van der Waals surface area contributed by atoms with Crippen molar-refractivity contribution in [1.82, 2.24) is 9.99 Å². The molecule has 0 bridgehead atoms. The zero-order valence-corrected chi connectivity index (χ0v) is 21.8. The first-order valence-corrected chi connectivity index (χ1v) is 13.5. The Morgan fingerprint density at radius 1 is 1.00 bits per heavy atom. The second-order valence-electron chi connectivity index (χ2n) is 9.61. The summed E-state index contributed by atoms with van der Waals surface area (Å²) in [6.45, 7) is 5.60. The molecule has 2 aliphatic rings. The van der Waals surface area contributed by atoms with E-state index in [0.29, 0.717) is 6.42 Å². The number of nitrogens with one attached hydrogen (secondary N) is 1. The molecule has 3 heterocycles. The number of H-pyrrole nitrogens is 1. The molecule has 0 spiro atoms. The van der Waals surface area contributed by atoms with Gasteiger partial charge in [-0.1, -0.05) is 66.7 Å². The summed E-state index contributed by atoms with van der Waals surface area (Å²) < 4.78 is 0. The number of hydrazone groups is 1. The minimum absolute atomic E-state index is 0.0776. The Bertz CT molecular complexity index is 1540. The van der Waals surface area contributed by atoms with Gasteiger partial charge in [-0.15, -0.1) is 11.8 Å². The SMILES string of the molecule is CC(=O)N1N=C(c2ccccc2N2C(=O)C(C)SC2c2c(C)[nH]c3ccccc23)CC1c1ccccc1. The highest BCUT2D eigenvalue weighted by molar-refractivity contribution is 8.01. The standard InChI is InChI=1S/C30H28N4O2S/c1-18-28(23-14-7-9-15-24(23)31-18)30-33(29(36)19(2)37-30)26-16-10-8-13-22(26)25-17-27(34(32-25)20(3)35)21-11-5-4-6-12-21/h4-16,19,27,30-31H,17H2,1-3H3. The molecule has 3 atom stereocenters. The summed E-state index contributed by atoms with van der Waals surface area (Å²) >= 11 is 1.67. The van der Waals surface area contributed by atoms with Crippen molar-refractivity contribution in [2.24, 2.45) is 5.10 Å². The molecule has 3 unspecified atom stereocenters. The third-order valence-electron chi connectivity index (χ3n) is 7.23. The Labute approximate surface area is 220 Å². The molecule has 37 heavy (non-hydrogen) atoms. The molecule has 0 saturated carbocycles. The molecular formula is C30H28N4O2S. The van der Waals surface area contributed by atoms with Crippen molar-refractivity contribution in [2.45, 2.75) is 43.9 Å². The maximum atomic E-state index is 13.7. The van der Waals surface area contributed by atoms with Gasteiger partial charge in [0, 0.05) is 41.1 Å². The molecule has 1 N–H and O–H groups in total. The monoisotopic (exact) mass is 508 g/mol. The minimum Gasteiger partial charge on any atom is -0.358 e. The van der Waals surface area contributed by atoms with Gasteiger partial charge >= 0.3 is 0 Å². The molecule has 1 aromatic heterocycles. The van der Waals surface area contributed by atoms with Gasteiger partial charge in [-0.2, -0.15) is 5.10 Å². The number of aromatic amines is 1. The van der Waals surface area contributed by atoms with Crippen molar-refractivity contribution >= 4 is 45.9 Å². The third kappa shape index (κ3) is 3.94. The third-order valence-corrected chi connectivity index (χ3v) is 8.55. The van der Waals surface area contributed by atoms with Gasteiger partial charge in [-0.25, -0.2) is 5.01 Å².